The molecule has 0 saturated carbocycles. The fourth-order valence-corrected chi connectivity index (χ4v) is 3.64. The summed E-state index contributed by atoms with van der Waals surface area (Å²) in [6, 6.07) is 5.19. The third-order valence-corrected chi connectivity index (χ3v) is 5.14. The Morgan fingerprint density at radius 3 is 2.66 bits per heavy atom. The van der Waals surface area contributed by atoms with Crippen LogP contribution in [0.5, 0.6) is 5.75 Å². The molecule has 1 aliphatic heterocycles. The highest BCUT2D eigenvalue weighted by atomic mass is 16.5. The summed E-state index contributed by atoms with van der Waals surface area (Å²) in [6.45, 7) is 4.56. The number of anilines is 1. The molecule has 3 rings (SSSR count). The molecule has 2 atom stereocenters. The Balaban J connectivity index is 1.85. The monoisotopic (exact) mass is 399 g/mol. The molecular weight excluding hydrogens is 370 g/mol. The Morgan fingerprint density at radius 1 is 1.31 bits per heavy atom. The van der Waals surface area contributed by atoms with Crippen molar-refractivity contribution in [2.75, 3.05) is 18.6 Å². The summed E-state index contributed by atoms with van der Waals surface area (Å²) < 4.78 is 5.92. The fraction of sp³-hybridized carbons (Fsp3) is 0.476. The smallest absolute Gasteiger partial charge is 0.243 e. The summed E-state index contributed by atoms with van der Waals surface area (Å²) in [5.41, 5.74) is 8.97. The average molecular weight is 399 g/mol. The maximum Gasteiger partial charge on any atom is 0.243 e. The number of aliphatic hydroxyl groups is 1. The highest BCUT2D eigenvalue weighted by Gasteiger charge is 2.32. The van der Waals surface area contributed by atoms with Crippen molar-refractivity contribution in [3.63, 3.8) is 0 Å². The minimum atomic E-state index is -0.340. The van der Waals surface area contributed by atoms with Crippen LogP contribution in [0, 0.1) is 5.92 Å². The van der Waals surface area contributed by atoms with Gasteiger partial charge in [-0.05, 0) is 24.0 Å². The number of nitrogens with one attached hydrogen (secondary N) is 1. The van der Waals surface area contributed by atoms with E-state index in [0.29, 0.717) is 24.4 Å². The van der Waals surface area contributed by atoms with E-state index in [0.717, 1.165) is 16.9 Å². The topological polar surface area (TPSA) is 114 Å². The Hall–Kier alpha value is -2.71. The zero-order valence-electron chi connectivity index (χ0n) is 17.1. The molecular formula is C21H29N5O3. The molecule has 0 spiro atoms. The maximum absolute atomic E-state index is 12.7. The van der Waals surface area contributed by atoms with Gasteiger partial charge in [0.1, 0.15) is 18.4 Å². The second-order valence-corrected chi connectivity index (χ2v) is 7.67. The van der Waals surface area contributed by atoms with Crippen molar-refractivity contribution in [3.05, 3.63) is 47.5 Å². The van der Waals surface area contributed by atoms with Gasteiger partial charge in [0.05, 0.1) is 36.4 Å². The molecule has 29 heavy (non-hydrogen) atoms. The Morgan fingerprint density at radius 2 is 2.03 bits per heavy atom. The number of benzene rings is 1. The Bertz CT molecular complexity index is 841. The van der Waals surface area contributed by atoms with Crippen LogP contribution < -0.4 is 20.7 Å². The first-order valence-corrected chi connectivity index (χ1v) is 9.82. The lowest BCUT2D eigenvalue weighted by molar-refractivity contribution is -0.124. The van der Waals surface area contributed by atoms with Crippen molar-refractivity contribution in [1.82, 2.24) is 15.3 Å². The molecule has 0 aliphatic carbocycles. The van der Waals surface area contributed by atoms with Crippen LogP contribution in [0.15, 0.2) is 30.6 Å². The van der Waals surface area contributed by atoms with E-state index in [9.17, 15) is 9.90 Å². The number of rotatable bonds is 6. The van der Waals surface area contributed by atoms with Crippen LogP contribution in [0.3, 0.4) is 0 Å². The molecule has 8 heteroatoms. The molecule has 1 amide bonds. The number of aliphatic hydroxyl groups excluding tert-OH is 1. The molecule has 0 radical (unpaired) electrons. The standard InChI is InChI=1S/C21H29N5O3/c1-13(2)20-21(28)25-15(11-27)6-14-4-5-18(7-19(14)26(20)3)29-12-17-10-23-16(8-22)9-24-17/h4-5,7,9-10,13,15,20,27H,6,8,11-12,22H2,1-3H3,(H,25,28)/t15-,20-/m0/s1. The molecule has 0 fully saturated rings. The molecule has 2 aromatic rings. The molecule has 1 aliphatic rings. The van der Waals surface area contributed by atoms with Crippen molar-refractivity contribution in [2.45, 2.75) is 45.5 Å². The number of carbonyl (C=O) groups excluding carboxylic acids is 1. The van der Waals surface area contributed by atoms with E-state index in [2.05, 4.69) is 15.3 Å². The number of hydrogen-bond donors (Lipinski definition) is 3. The number of amides is 1. The molecule has 156 valence electrons. The normalized spacial score (nSPS) is 19.4. The lowest BCUT2D eigenvalue weighted by Gasteiger charge is -2.37. The van der Waals surface area contributed by atoms with Gasteiger partial charge in [-0.2, -0.15) is 0 Å². The number of nitrogens with two attached hydrogens (primary N) is 1. The summed E-state index contributed by atoms with van der Waals surface area (Å²) in [7, 11) is 1.92. The van der Waals surface area contributed by atoms with Crippen LogP contribution in [-0.2, 0) is 24.4 Å². The van der Waals surface area contributed by atoms with Gasteiger partial charge in [-0.1, -0.05) is 19.9 Å². The van der Waals surface area contributed by atoms with Crippen molar-refractivity contribution in [3.8, 4) is 5.75 Å². The quantitative estimate of drug-likeness (QED) is 0.664. The number of nitrogens with zero attached hydrogens (tertiary/aromatic N) is 3. The molecule has 8 nitrogen and oxygen atoms in total. The van der Waals surface area contributed by atoms with Crippen molar-refractivity contribution in [1.29, 1.82) is 0 Å². The number of aromatic nitrogens is 2. The summed E-state index contributed by atoms with van der Waals surface area (Å²) in [5.74, 6) is 0.712. The van der Waals surface area contributed by atoms with E-state index in [1.807, 2.05) is 44.0 Å². The second-order valence-electron chi connectivity index (χ2n) is 7.67. The van der Waals surface area contributed by atoms with Gasteiger partial charge in [0, 0.05) is 25.3 Å². The first-order chi connectivity index (χ1) is 13.9. The minimum absolute atomic E-state index is 0.0752. The molecule has 4 N–H and O–H groups in total. The SMILES string of the molecule is CC(C)[C@H]1C(=O)N[C@H](CO)Cc2ccc(OCc3cnc(CN)cn3)cc2N1C. The van der Waals surface area contributed by atoms with E-state index in [-0.39, 0.29) is 37.1 Å². The molecule has 0 unspecified atom stereocenters. The lowest BCUT2D eigenvalue weighted by atomic mass is 9.95. The highest BCUT2D eigenvalue weighted by molar-refractivity contribution is 5.86. The number of ether oxygens (including phenoxy) is 1. The molecule has 1 aromatic carbocycles. The van der Waals surface area contributed by atoms with Gasteiger partial charge in [0.2, 0.25) is 5.91 Å². The van der Waals surface area contributed by atoms with Gasteiger partial charge >= 0.3 is 0 Å². The number of hydrogen-bond acceptors (Lipinski definition) is 7. The highest BCUT2D eigenvalue weighted by Crippen LogP contribution is 2.31. The molecule has 0 bridgehead atoms. The summed E-state index contributed by atoms with van der Waals surface area (Å²) >= 11 is 0. The molecule has 0 saturated heterocycles. The third-order valence-electron chi connectivity index (χ3n) is 5.14. The van der Waals surface area contributed by atoms with Gasteiger partial charge in [0.25, 0.3) is 0 Å². The van der Waals surface area contributed by atoms with Crippen molar-refractivity contribution >= 4 is 11.6 Å². The van der Waals surface area contributed by atoms with Gasteiger partial charge in [-0.15, -0.1) is 0 Å². The fourth-order valence-electron chi connectivity index (χ4n) is 3.64. The van der Waals surface area contributed by atoms with E-state index in [1.165, 1.54) is 0 Å². The lowest BCUT2D eigenvalue weighted by Crippen LogP contribution is -2.54. The summed E-state index contributed by atoms with van der Waals surface area (Å²) in [5, 5.41) is 12.6. The molecule has 1 aromatic heterocycles. The summed E-state index contributed by atoms with van der Waals surface area (Å²) in [4.78, 5) is 23.2. The largest absolute Gasteiger partial charge is 0.487 e. The van der Waals surface area contributed by atoms with E-state index in [1.54, 1.807) is 12.4 Å². The van der Waals surface area contributed by atoms with Gasteiger partial charge in [-0.25, -0.2) is 0 Å². The Labute approximate surface area is 171 Å². The van der Waals surface area contributed by atoms with E-state index in [4.69, 9.17) is 10.5 Å². The first-order valence-electron chi connectivity index (χ1n) is 9.82. The number of carbonyl (C=O) groups is 1. The predicted molar refractivity (Wildman–Crippen MR) is 110 cm³/mol. The minimum Gasteiger partial charge on any atom is -0.487 e. The number of likely N-dealkylation sites (N-methyl/N-ethyl adjacent to an activating group) is 1. The first kappa shape index (κ1) is 21.0. The van der Waals surface area contributed by atoms with Gasteiger partial charge in [0.15, 0.2) is 0 Å². The van der Waals surface area contributed by atoms with Crippen LogP contribution >= 0.6 is 0 Å². The summed E-state index contributed by atoms with van der Waals surface area (Å²) in [6.07, 6.45) is 3.86. The zero-order chi connectivity index (χ0) is 21.0. The second kappa shape index (κ2) is 9.19. The van der Waals surface area contributed by atoms with Crippen LogP contribution in [-0.4, -0.2) is 46.7 Å². The van der Waals surface area contributed by atoms with Crippen LogP contribution in [0.2, 0.25) is 0 Å². The van der Waals surface area contributed by atoms with Gasteiger partial charge in [-0.3, -0.25) is 14.8 Å². The van der Waals surface area contributed by atoms with E-state index >= 15 is 0 Å². The van der Waals surface area contributed by atoms with Crippen LogP contribution in [0.25, 0.3) is 0 Å². The average Bonchev–Trinajstić information content (AvgIpc) is 2.71. The zero-order valence-corrected chi connectivity index (χ0v) is 17.1. The van der Waals surface area contributed by atoms with E-state index < -0.39 is 0 Å². The molecule has 2 heterocycles. The van der Waals surface area contributed by atoms with Crippen LogP contribution in [0.1, 0.15) is 30.8 Å². The maximum atomic E-state index is 12.7. The number of fused-ring (bicyclic) bond motifs is 1. The predicted octanol–water partition coefficient (Wildman–Crippen LogP) is 1.01. The van der Waals surface area contributed by atoms with Crippen molar-refractivity contribution < 1.29 is 14.6 Å². The van der Waals surface area contributed by atoms with Gasteiger partial charge < -0.3 is 25.8 Å². The Kier molecular flexibility index (Phi) is 6.66. The van der Waals surface area contributed by atoms with Crippen molar-refractivity contribution in [2.24, 2.45) is 11.7 Å². The van der Waals surface area contributed by atoms with Crippen LogP contribution in [0.4, 0.5) is 5.69 Å². The third kappa shape index (κ3) is 4.83.